The summed E-state index contributed by atoms with van der Waals surface area (Å²) in [4.78, 5) is 24.8. The molecule has 0 unspecified atom stereocenters. The van der Waals surface area contributed by atoms with Gasteiger partial charge < -0.3 is 10.0 Å². The number of aromatic amines is 1. The van der Waals surface area contributed by atoms with Crippen LogP contribution in [0.15, 0.2) is 34.8 Å². The average molecular weight is 380 g/mol. The lowest BCUT2D eigenvalue weighted by atomic mass is 10.1. The Hall–Kier alpha value is -2.15. The van der Waals surface area contributed by atoms with Gasteiger partial charge in [-0.25, -0.2) is 0 Å². The van der Waals surface area contributed by atoms with Crippen LogP contribution in [-0.4, -0.2) is 44.7 Å². The molecule has 0 aliphatic rings. The molecule has 0 bridgehead atoms. The van der Waals surface area contributed by atoms with Gasteiger partial charge in [-0.2, -0.15) is 5.10 Å². The van der Waals surface area contributed by atoms with Crippen LogP contribution in [0.5, 0.6) is 0 Å². The van der Waals surface area contributed by atoms with Crippen LogP contribution in [0.3, 0.4) is 0 Å². The van der Waals surface area contributed by atoms with Crippen molar-refractivity contribution in [2.75, 3.05) is 6.54 Å². The molecule has 0 saturated carbocycles. The van der Waals surface area contributed by atoms with E-state index in [1.807, 2.05) is 38.1 Å². The van der Waals surface area contributed by atoms with Gasteiger partial charge in [0.15, 0.2) is 0 Å². The molecule has 1 amide bonds. The average Bonchev–Trinajstić information content (AvgIpc) is 2.97. The number of amides is 1. The molecule has 23 heavy (non-hydrogen) atoms. The second-order valence-corrected chi connectivity index (χ2v) is 6.33. The summed E-state index contributed by atoms with van der Waals surface area (Å²) in [5.74, 6) is -1.18. The zero-order chi connectivity index (χ0) is 17.0. The van der Waals surface area contributed by atoms with Crippen molar-refractivity contribution in [1.82, 2.24) is 15.1 Å². The van der Waals surface area contributed by atoms with Gasteiger partial charge >= 0.3 is 5.97 Å². The van der Waals surface area contributed by atoms with Gasteiger partial charge in [-0.05, 0) is 32.0 Å². The zero-order valence-corrected chi connectivity index (χ0v) is 14.5. The van der Waals surface area contributed by atoms with Crippen molar-refractivity contribution in [2.24, 2.45) is 0 Å². The third-order valence-electron chi connectivity index (χ3n) is 3.40. The van der Waals surface area contributed by atoms with Gasteiger partial charge in [0.05, 0.1) is 12.1 Å². The minimum atomic E-state index is -0.927. The van der Waals surface area contributed by atoms with Gasteiger partial charge in [-0.15, -0.1) is 0 Å². The molecule has 0 aliphatic heterocycles. The maximum absolute atomic E-state index is 12.6. The normalized spacial score (nSPS) is 10.8. The van der Waals surface area contributed by atoms with Gasteiger partial charge in [0.1, 0.15) is 5.69 Å². The number of aromatic nitrogens is 2. The highest BCUT2D eigenvalue weighted by Crippen LogP contribution is 2.21. The van der Waals surface area contributed by atoms with Crippen LogP contribution in [0.1, 0.15) is 30.8 Å². The Labute approximate surface area is 142 Å². The smallest absolute Gasteiger partial charge is 0.305 e. The van der Waals surface area contributed by atoms with E-state index in [2.05, 4.69) is 26.1 Å². The van der Waals surface area contributed by atoms with Gasteiger partial charge in [-0.1, -0.05) is 28.1 Å². The van der Waals surface area contributed by atoms with Gasteiger partial charge in [0.2, 0.25) is 0 Å². The van der Waals surface area contributed by atoms with Gasteiger partial charge in [0, 0.05) is 22.6 Å². The molecule has 2 aromatic rings. The fourth-order valence-electron chi connectivity index (χ4n) is 2.16. The summed E-state index contributed by atoms with van der Waals surface area (Å²) in [5.41, 5.74) is 1.91. The van der Waals surface area contributed by atoms with E-state index in [1.54, 1.807) is 6.07 Å². The maximum atomic E-state index is 12.6. The van der Waals surface area contributed by atoms with Crippen molar-refractivity contribution in [3.63, 3.8) is 0 Å². The quantitative estimate of drug-likeness (QED) is 0.806. The zero-order valence-electron chi connectivity index (χ0n) is 12.9. The second kappa shape index (κ2) is 7.41. The van der Waals surface area contributed by atoms with Crippen molar-refractivity contribution in [1.29, 1.82) is 0 Å². The molecule has 0 saturated heterocycles. The topological polar surface area (TPSA) is 86.3 Å². The molecule has 122 valence electrons. The highest BCUT2D eigenvalue weighted by molar-refractivity contribution is 9.10. The molecule has 0 atom stereocenters. The molecule has 1 aromatic heterocycles. The van der Waals surface area contributed by atoms with Crippen LogP contribution in [0.4, 0.5) is 0 Å². The minimum absolute atomic E-state index is 0.0857. The van der Waals surface area contributed by atoms with E-state index in [1.165, 1.54) is 4.90 Å². The summed E-state index contributed by atoms with van der Waals surface area (Å²) in [5, 5.41) is 15.7. The number of carboxylic acid groups (broad SMARTS) is 1. The van der Waals surface area contributed by atoms with Crippen LogP contribution >= 0.6 is 15.9 Å². The molecule has 7 heteroatoms. The number of carbonyl (C=O) groups excluding carboxylic acids is 1. The van der Waals surface area contributed by atoms with E-state index in [9.17, 15) is 9.59 Å². The SMILES string of the molecule is CC(C)N(CCC(=O)O)C(=O)c1cc(-c2ccc(Br)cc2)n[nH]1. The summed E-state index contributed by atoms with van der Waals surface area (Å²) in [6, 6.07) is 9.19. The number of aliphatic carboxylic acids is 1. The standard InChI is InChI=1S/C16H18BrN3O3/c1-10(2)20(8-7-15(21)22)16(23)14-9-13(18-19-14)11-3-5-12(17)6-4-11/h3-6,9-10H,7-8H2,1-2H3,(H,18,19)(H,21,22). The maximum Gasteiger partial charge on any atom is 0.305 e. The fraction of sp³-hybridized carbons (Fsp3) is 0.312. The fourth-order valence-corrected chi connectivity index (χ4v) is 2.43. The molecule has 1 aromatic carbocycles. The number of carboxylic acids is 1. The Kier molecular flexibility index (Phi) is 5.54. The van der Waals surface area contributed by atoms with Crippen LogP contribution in [0.25, 0.3) is 11.3 Å². The molecule has 0 fully saturated rings. The molecule has 0 radical (unpaired) electrons. The number of hydrogen-bond acceptors (Lipinski definition) is 3. The molecule has 2 rings (SSSR count). The monoisotopic (exact) mass is 379 g/mol. The predicted octanol–water partition coefficient (Wildman–Crippen LogP) is 3.16. The lowest BCUT2D eigenvalue weighted by molar-refractivity contribution is -0.137. The molecular weight excluding hydrogens is 362 g/mol. The number of rotatable bonds is 6. The Morgan fingerprint density at radius 3 is 2.52 bits per heavy atom. The van der Waals surface area contributed by atoms with Crippen LogP contribution in [0, 0.1) is 0 Å². The van der Waals surface area contributed by atoms with E-state index in [4.69, 9.17) is 5.11 Å². The summed E-state index contributed by atoms with van der Waals surface area (Å²) in [7, 11) is 0. The Bertz CT molecular complexity index is 695. The lowest BCUT2D eigenvalue weighted by Gasteiger charge is -2.25. The largest absolute Gasteiger partial charge is 0.481 e. The number of halogens is 1. The van der Waals surface area contributed by atoms with Gasteiger partial charge in [0.25, 0.3) is 5.91 Å². The van der Waals surface area contributed by atoms with Gasteiger partial charge in [-0.3, -0.25) is 14.7 Å². The molecular formula is C16H18BrN3O3. The Balaban J connectivity index is 2.18. The molecule has 0 aliphatic carbocycles. The van der Waals surface area contributed by atoms with E-state index in [0.717, 1.165) is 10.0 Å². The van der Waals surface area contributed by atoms with E-state index in [-0.39, 0.29) is 24.9 Å². The first-order valence-corrected chi connectivity index (χ1v) is 8.02. The van der Waals surface area contributed by atoms with Crippen molar-refractivity contribution >= 4 is 27.8 Å². The third kappa shape index (κ3) is 4.41. The Morgan fingerprint density at radius 2 is 1.96 bits per heavy atom. The number of H-pyrrole nitrogens is 1. The number of nitrogens with one attached hydrogen (secondary N) is 1. The van der Waals surface area contributed by atoms with Crippen molar-refractivity contribution in [3.8, 4) is 11.3 Å². The van der Waals surface area contributed by atoms with Crippen LogP contribution in [-0.2, 0) is 4.79 Å². The van der Waals surface area contributed by atoms with E-state index < -0.39 is 5.97 Å². The first-order chi connectivity index (χ1) is 10.9. The lowest BCUT2D eigenvalue weighted by Crippen LogP contribution is -2.38. The van der Waals surface area contributed by atoms with E-state index >= 15 is 0 Å². The summed E-state index contributed by atoms with van der Waals surface area (Å²) >= 11 is 3.37. The summed E-state index contributed by atoms with van der Waals surface area (Å²) in [6.07, 6.45) is -0.0857. The van der Waals surface area contributed by atoms with E-state index in [0.29, 0.717) is 11.4 Å². The molecule has 6 nitrogen and oxygen atoms in total. The highest BCUT2D eigenvalue weighted by atomic mass is 79.9. The molecule has 1 heterocycles. The van der Waals surface area contributed by atoms with Crippen LogP contribution in [0.2, 0.25) is 0 Å². The first-order valence-electron chi connectivity index (χ1n) is 7.22. The number of benzene rings is 1. The summed E-state index contributed by atoms with van der Waals surface area (Å²) in [6.45, 7) is 3.87. The minimum Gasteiger partial charge on any atom is -0.481 e. The number of carbonyl (C=O) groups is 2. The van der Waals surface area contributed by atoms with Crippen molar-refractivity contribution < 1.29 is 14.7 Å². The van der Waals surface area contributed by atoms with Crippen molar-refractivity contribution in [2.45, 2.75) is 26.3 Å². The summed E-state index contributed by atoms with van der Waals surface area (Å²) < 4.78 is 0.965. The molecule has 0 spiro atoms. The highest BCUT2D eigenvalue weighted by Gasteiger charge is 2.21. The number of nitrogens with zero attached hydrogens (tertiary/aromatic N) is 2. The number of hydrogen-bond donors (Lipinski definition) is 2. The Morgan fingerprint density at radius 1 is 1.30 bits per heavy atom. The predicted molar refractivity (Wildman–Crippen MR) is 90.1 cm³/mol. The second-order valence-electron chi connectivity index (χ2n) is 5.41. The third-order valence-corrected chi connectivity index (χ3v) is 3.93. The molecule has 2 N–H and O–H groups in total. The first kappa shape index (κ1) is 17.2. The van der Waals surface area contributed by atoms with Crippen molar-refractivity contribution in [3.05, 3.63) is 40.5 Å². The van der Waals surface area contributed by atoms with Crippen LogP contribution < -0.4 is 0 Å².